The smallest absolute Gasteiger partial charge is 0.191 e. The maximum Gasteiger partial charge on any atom is 0.191 e. The molecule has 0 saturated carbocycles. The van der Waals surface area contributed by atoms with Gasteiger partial charge in [0, 0.05) is 26.2 Å². The highest BCUT2D eigenvalue weighted by atomic mass is 15.2. The lowest BCUT2D eigenvalue weighted by atomic mass is 10.1. The molecular formula is C18H29N5. The largest absolute Gasteiger partial charge is 0.357 e. The van der Waals surface area contributed by atoms with Gasteiger partial charge in [-0.05, 0) is 38.3 Å². The van der Waals surface area contributed by atoms with E-state index >= 15 is 0 Å². The van der Waals surface area contributed by atoms with Crippen LogP contribution in [0.4, 0.5) is 0 Å². The van der Waals surface area contributed by atoms with Crippen molar-refractivity contribution >= 4 is 17.0 Å². The van der Waals surface area contributed by atoms with Crippen LogP contribution in [0, 0.1) is 12.8 Å². The fourth-order valence-corrected chi connectivity index (χ4v) is 2.54. The highest BCUT2D eigenvalue weighted by molar-refractivity contribution is 5.79. The first-order valence-corrected chi connectivity index (χ1v) is 8.56. The Morgan fingerprint density at radius 2 is 2.04 bits per heavy atom. The van der Waals surface area contributed by atoms with Crippen molar-refractivity contribution in [1.82, 2.24) is 20.2 Å². The molecular weight excluding hydrogens is 286 g/mol. The Balaban J connectivity index is 1.94. The number of fused-ring (bicyclic) bond motifs is 1. The lowest BCUT2D eigenvalue weighted by molar-refractivity contribution is 0.593. The predicted molar refractivity (Wildman–Crippen MR) is 97.9 cm³/mol. The Labute approximate surface area is 139 Å². The lowest BCUT2D eigenvalue weighted by Crippen LogP contribution is -2.39. The topological polar surface area (TPSA) is 54.2 Å². The SMILES string of the molecule is CCNC(=NCCC(C)C)NCCn1c(C)nc2ccccc21. The van der Waals surface area contributed by atoms with Gasteiger partial charge >= 0.3 is 0 Å². The molecule has 2 aromatic rings. The zero-order valence-electron chi connectivity index (χ0n) is 14.8. The van der Waals surface area contributed by atoms with E-state index in [1.165, 1.54) is 5.52 Å². The van der Waals surface area contributed by atoms with Crippen LogP contribution in [0.2, 0.25) is 0 Å². The molecule has 1 aromatic heterocycles. The molecule has 0 aliphatic carbocycles. The summed E-state index contributed by atoms with van der Waals surface area (Å²) < 4.78 is 2.25. The standard InChI is InChI=1S/C18H29N5/c1-5-19-18(20-11-10-14(2)3)21-12-13-23-15(4)22-16-8-6-7-9-17(16)23/h6-9,14H,5,10-13H2,1-4H3,(H2,19,20,21). The van der Waals surface area contributed by atoms with E-state index in [0.717, 1.165) is 49.9 Å². The van der Waals surface area contributed by atoms with Crippen molar-refractivity contribution in [2.24, 2.45) is 10.9 Å². The fourth-order valence-electron chi connectivity index (χ4n) is 2.54. The van der Waals surface area contributed by atoms with Crippen LogP contribution in [-0.4, -0.2) is 35.1 Å². The van der Waals surface area contributed by atoms with Crippen molar-refractivity contribution in [3.63, 3.8) is 0 Å². The van der Waals surface area contributed by atoms with Gasteiger partial charge in [-0.25, -0.2) is 4.98 Å². The van der Waals surface area contributed by atoms with Crippen LogP contribution in [0.3, 0.4) is 0 Å². The summed E-state index contributed by atoms with van der Waals surface area (Å²) >= 11 is 0. The Morgan fingerprint density at radius 1 is 1.26 bits per heavy atom. The van der Waals surface area contributed by atoms with E-state index in [4.69, 9.17) is 0 Å². The van der Waals surface area contributed by atoms with Crippen LogP contribution in [0.5, 0.6) is 0 Å². The number of aryl methyl sites for hydroxylation is 1. The summed E-state index contributed by atoms with van der Waals surface area (Å²) in [5, 5.41) is 6.72. The van der Waals surface area contributed by atoms with Gasteiger partial charge in [0.1, 0.15) is 5.82 Å². The van der Waals surface area contributed by atoms with Crippen LogP contribution in [-0.2, 0) is 6.54 Å². The maximum atomic E-state index is 4.63. The van der Waals surface area contributed by atoms with Crippen LogP contribution in [0.15, 0.2) is 29.3 Å². The van der Waals surface area contributed by atoms with Crippen LogP contribution < -0.4 is 10.6 Å². The summed E-state index contributed by atoms with van der Waals surface area (Å²) in [5.41, 5.74) is 2.25. The molecule has 0 saturated heterocycles. The number of benzene rings is 1. The second kappa shape index (κ2) is 8.56. The highest BCUT2D eigenvalue weighted by Crippen LogP contribution is 2.14. The normalized spacial score (nSPS) is 12.1. The van der Waals surface area contributed by atoms with Gasteiger partial charge in [-0.1, -0.05) is 26.0 Å². The van der Waals surface area contributed by atoms with E-state index in [1.54, 1.807) is 0 Å². The second-order valence-corrected chi connectivity index (χ2v) is 6.17. The molecule has 2 N–H and O–H groups in total. The quantitative estimate of drug-likeness (QED) is 0.610. The van der Waals surface area contributed by atoms with Gasteiger partial charge in [0.25, 0.3) is 0 Å². The van der Waals surface area contributed by atoms with Gasteiger partial charge in [0.05, 0.1) is 11.0 Å². The number of hydrogen-bond acceptors (Lipinski definition) is 2. The van der Waals surface area contributed by atoms with Crippen molar-refractivity contribution < 1.29 is 0 Å². The number of hydrogen-bond donors (Lipinski definition) is 2. The maximum absolute atomic E-state index is 4.63. The number of aliphatic imine (C=N–C) groups is 1. The van der Waals surface area contributed by atoms with Crippen LogP contribution in [0.1, 0.15) is 33.0 Å². The van der Waals surface area contributed by atoms with Gasteiger partial charge in [-0.2, -0.15) is 0 Å². The zero-order chi connectivity index (χ0) is 16.7. The third kappa shape index (κ3) is 4.98. The molecule has 23 heavy (non-hydrogen) atoms. The van der Waals surface area contributed by atoms with E-state index in [-0.39, 0.29) is 0 Å². The Morgan fingerprint density at radius 3 is 2.78 bits per heavy atom. The second-order valence-electron chi connectivity index (χ2n) is 6.17. The number of guanidine groups is 1. The van der Waals surface area contributed by atoms with E-state index in [0.29, 0.717) is 5.92 Å². The average Bonchev–Trinajstić information content (AvgIpc) is 2.83. The van der Waals surface area contributed by atoms with Gasteiger partial charge in [0.2, 0.25) is 0 Å². The van der Waals surface area contributed by atoms with Crippen molar-refractivity contribution in [2.75, 3.05) is 19.6 Å². The Hall–Kier alpha value is -2.04. The van der Waals surface area contributed by atoms with Gasteiger partial charge in [-0.3, -0.25) is 4.99 Å². The minimum atomic E-state index is 0.682. The summed E-state index contributed by atoms with van der Waals surface area (Å²) in [5.74, 6) is 2.63. The molecule has 0 atom stereocenters. The van der Waals surface area contributed by atoms with E-state index in [1.807, 2.05) is 6.07 Å². The number of rotatable bonds is 7. The molecule has 5 heteroatoms. The monoisotopic (exact) mass is 315 g/mol. The number of nitrogens with zero attached hydrogens (tertiary/aromatic N) is 3. The summed E-state index contributed by atoms with van der Waals surface area (Å²) in [6, 6.07) is 8.27. The minimum Gasteiger partial charge on any atom is -0.357 e. The number of aromatic nitrogens is 2. The zero-order valence-corrected chi connectivity index (χ0v) is 14.8. The van der Waals surface area contributed by atoms with Crippen molar-refractivity contribution in [1.29, 1.82) is 0 Å². The van der Waals surface area contributed by atoms with Crippen molar-refractivity contribution in [3.8, 4) is 0 Å². The average molecular weight is 315 g/mol. The van der Waals surface area contributed by atoms with E-state index in [9.17, 15) is 0 Å². The first kappa shape index (κ1) is 17.3. The molecule has 0 aliphatic rings. The molecule has 1 aromatic carbocycles. The first-order chi connectivity index (χ1) is 11.1. The number of imidazole rings is 1. The molecule has 0 radical (unpaired) electrons. The summed E-state index contributed by atoms with van der Waals surface area (Å²) in [6.07, 6.45) is 1.11. The predicted octanol–water partition coefficient (Wildman–Crippen LogP) is 2.95. The fraction of sp³-hybridized carbons (Fsp3) is 0.556. The van der Waals surface area contributed by atoms with Crippen LogP contribution in [0.25, 0.3) is 11.0 Å². The summed E-state index contributed by atoms with van der Waals surface area (Å²) in [4.78, 5) is 9.23. The van der Waals surface area contributed by atoms with Gasteiger partial charge in [0.15, 0.2) is 5.96 Å². The van der Waals surface area contributed by atoms with Gasteiger partial charge < -0.3 is 15.2 Å². The molecule has 0 amide bonds. The Kier molecular flexibility index (Phi) is 6.44. The first-order valence-electron chi connectivity index (χ1n) is 8.56. The molecule has 0 spiro atoms. The molecule has 126 valence electrons. The van der Waals surface area contributed by atoms with Crippen LogP contribution >= 0.6 is 0 Å². The molecule has 0 unspecified atom stereocenters. The molecule has 1 heterocycles. The Bertz CT molecular complexity index is 642. The van der Waals surface area contributed by atoms with E-state index in [2.05, 4.69) is 71.1 Å². The molecule has 0 bridgehead atoms. The third-order valence-electron chi connectivity index (χ3n) is 3.79. The highest BCUT2D eigenvalue weighted by Gasteiger charge is 2.06. The molecule has 5 nitrogen and oxygen atoms in total. The van der Waals surface area contributed by atoms with Crippen molar-refractivity contribution in [3.05, 3.63) is 30.1 Å². The summed E-state index contributed by atoms with van der Waals surface area (Å²) in [6.45, 7) is 12.0. The number of nitrogens with one attached hydrogen (secondary N) is 2. The third-order valence-corrected chi connectivity index (χ3v) is 3.79. The number of para-hydroxylation sites is 2. The summed E-state index contributed by atoms with van der Waals surface area (Å²) in [7, 11) is 0. The van der Waals surface area contributed by atoms with Gasteiger partial charge in [-0.15, -0.1) is 0 Å². The molecule has 2 rings (SSSR count). The van der Waals surface area contributed by atoms with Crippen molar-refractivity contribution in [2.45, 2.75) is 40.7 Å². The lowest BCUT2D eigenvalue weighted by Gasteiger charge is -2.13. The molecule has 0 fully saturated rings. The molecule has 0 aliphatic heterocycles. The minimum absolute atomic E-state index is 0.682. The van der Waals surface area contributed by atoms with E-state index < -0.39 is 0 Å².